The van der Waals surface area contributed by atoms with Gasteiger partial charge in [0.25, 0.3) is 0 Å². The normalized spacial score (nSPS) is 16.2. The van der Waals surface area contributed by atoms with Crippen LogP contribution in [-0.2, 0) is 25.9 Å². The van der Waals surface area contributed by atoms with Crippen molar-refractivity contribution in [3.63, 3.8) is 0 Å². The average molecular weight is 460 g/mol. The second-order valence-electron chi connectivity index (χ2n) is 8.14. The van der Waals surface area contributed by atoms with Crippen molar-refractivity contribution in [1.29, 1.82) is 0 Å². The molecule has 1 aliphatic carbocycles. The fraction of sp³-hybridized carbons (Fsp3) is 0.280. The molecule has 29 heavy (non-hydrogen) atoms. The van der Waals surface area contributed by atoms with Crippen molar-refractivity contribution in [3.05, 3.63) is 88.0 Å². The van der Waals surface area contributed by atoms with Crippen molar-refractivity contribution in [1.82, 2.24) is 0 Å². The summed E-state index contributed by atoms with van der Waals surface area (Å²) in [6.07, 6.45) is 5.64. The number of halogens is 2. The van der Waals surface area contributed by atoms with E-state index in [1.54, 1.807) is 0 Å². The van der Waals surface area contributed by atoms with E-state index < -0.39 is 14.7 Å². The zero-order chi connectivity index (χ0) is 20.6. The summed E-state index contributed by atoms with van der Waals surface area (Å²) in [6, 6.07) is 19.7. The molecule has 0 aliphatic heterocycles. The van der Waals surface area contributed by atoms with Gasteiger partial charge in [-0.25, -0.2) is 0 Å². The van der Waals surface area contributed by atoms with E-state index in [0.717, 1.165) is 19.3 Å². The monoisotopic (exact) mass is 459 g/mol. The van der Waals surface area contributed by atoms with E-state index in [-0.39, 0.29) is 5.92 Å². The summed E-state index contributed by atoms with van der Waals surface area (Å²) in [7, 11) is 13.1. The summed E-state index contributed by atoms with van der Waals surface area (Å²) >= 11 is -3.36. The first-order chi connectivity index (χ1) is 13.9. The molecule has 0 spiro atoms. The Kier molecular flexibility index (Phi) is 6.26. The minimum absolute atomic E-state index is 0.240. The van der Waals surface area contributed by atoms with E-state index in [0.29, 0.717) is 4.73 Å². The first-order valence-corrected chi connectivity index (χ1v) is 16.7. The van der Waals surface area contributed by atoms with E-state index in [1.165, 1.54) is 44.2 Å². The van der Waals surface area contributed by atoms with Crippen LogP contribution >= 0.6 is 18.6 Å². The molecule has 4 heteroatoms. The molecule has 0 aromatic heterocycles. The Balaban J connectivity index is 2.00. The second-order valence-corrected chi connectivity index (χ2v) is 17.4. The maximum atomic E-state index is 6.56. The molecule has 150 valence electrons. The molecule has 0 amide bonds. The van der Waals surface area contributed by atoms with Gasteiger partial charge in [0.2, 0.25) is 0 Å². The molecule has 3 aromatic carbocycles. The molecule has 1 nitrogen and oxygen atoms in total. The Morgan fingerprint density at radius 3 is 2.45 bits per heavy atom. The Labute approximate surface area is 185 Å². The number of rotatable bonds is 6. The van der Waals surface area contributed by atoms with E-state index >= 15 is 0 Å². The van der Waals surface area contributed by atoms with Crippen molar-refractivity contribution in [2.75, 3.05) is 0 Å². The van der Waals surface area contributed by atoms with Crippen LogP contribution in [0.15, 0.2) is 60.2 Å². The van der Waals surface area contributed by atoms with Crippen LogP contribution in [-0.4, -0.2) is 0 Å². The van der Waals surface area contributed by atoms with Gasteiger partial charge in [-0.2, -0.15) is 0 Å². The molecule has 0 bridgehead atoms. The van der Waals surface area contributed by atoms with Crippen LogP contribution in [0.25, 0.3) is 16.8 Å². The maximum absolute atomic E-state index is 6.56. The SMILES string of the molecule is CCCCc1c([CH2][Ti]([NH2])([Cl])[Cl])c(C2C(C)=Cc3ccccc32)cc2ccccc12. The van der Waals surface area contributed by atoms with Gasteiger partial charge in [0.05, 0.1) is 0 Å². The van der Waals surface area contributed by atoms with E-state index in [1.807, 2.05) is 0 Å². The van der Waals surface area contributed by atoms with Gasteiger partial charge in [-0.15, -0.1) is 0 Å². The number of aryl methyl sites for hydroxylation is 1. The molecule has 1 unspecified atom stereocenters. The van der Waals surface area contributed by atoms with Gasteiger partial charge in [0, 0.05) is 0 Å². The Morgan fingerprint density at radius 2 is 1.69 bits per heavy atom. The van der Waals surface area contributed by atoms with Gasteiger partial charge in [0.15, 0.2) is 0 Å². The van der Waals surface area contributed by atoms with Crippen molar-refractivity contribution in [3.8, 4) is 0 Å². The van der Waals surface area contributed by atoms with Crippen LogP contribution in [0.3, 0.4) is 0 Å². The zero-order valence-corrected chi connectivity index (χ0v) is 20.1. The molecule has 3 aromatic rings. The molecule has 2 N–H and O–H groups in total. The quantitative estimate of drug-likeness (QED) is 0.378. The number of fused-ring (bicyclic) bond motifs is 2. The Morgan fingerprint density at radius 1 is 0.966 bits per heavy atom. The number of nitrogens with two attached hydrogens (primary N) is 1. The molecule has 0 saturated carbocycles. The molecular weight excluding hydrogens is 433 g/mol. The van der Waals surface area contributed by atoms with Gasteiger partial charge in [0.1, 0.15) is 0 Å². The standard InChI is InChI=1S/C25H25.2ClH.H2N.Ti/c1-4-5-12-21-18(3)24(16-20-11-6-8-13-22(20)21)25-17(2)15-19-10-7-9-14-23(19)25;;;;/h6-11,13-16,25H,3-5,12H2,1-2H3;2*1H;1H2;/q;;;-1;+3/p-2. The third-order valence-electron chi connectivity index (χ3n) is 5.96. The van der Waals surface area contributed by atoms with Crippen molar-refractivity contribution >= 4 is 35.5 Å². The Hall–Kier alpha value is -1.09. The molecule has 0 heterocycles. The zero-order valence-electron chi connectivity index (χ0n) is 17.0. The van der Waals surface area contributed by atoms with Crippen LogP contribution < -0.4 is 4.22 Å². The van der Waals surface area contributed by atoms with Crippen molar-refractivity contribution in [2.45, 2.75) is 43.8 Å². The third-order valence-corrected chi connectivity index (χ3v) is 8.35. The average Bonchev–Trinajstić information content (AvgIpc) is 3.01. The molecule has 0 fully saturated rings. The van der Waals surface area contributed by atoms with Gasteiger partial charge >= 0.3 is 186 Å². The molecule has 1 atom stereocenters. The number of hydrogen-bond donors (Lipinski definition) is 1. The molecule has 1 aliphatic rings. The topological polar surface area (TPSA) is 26.0 Å². The van der Waals surface area contributed by atoms with Crippen molar-refractivity contribution < 1.29 is 14.7 Å². The van der Waals surface area contributed by atoms with E-state index in [4.69, 9.17) is 22.8 Å². The van der Waals surface area contributed by atoms with Crippen molar-refractivity contribution in [2.24, 2.45) is 4.22 Å². The molecule has 0 saturated heterocycles. The van der Waals surface area contributed by atoms with Gasteiger partial charge in [-0.05, 0) is 0 Å². The van der Waals surface area contributed by atoms with Crippen LogP contribution in [0.4, 0.5) is 0 Å². The number of unbranched alkanes of at least 4 members (excludes halogenated alkanes) is 1. The van der Waals surface area contributed by atoms with Gasteiger partial charge < -0.3 is 0 Å². The van der Waals surface area contributed by atoms with Crippen LogP contribution in [0, 0.1) is 0 Å². The summed E-state index contributed by atoms with van der Waals surface area (Å²) < 4.78 is 6.93. The second kappa shape index (κ2) is 8.57. The number of hydrogen-bond acceptors (Lipinski definition) is 1. The van der Waals surface area contributed by atoms with Crippen LogP contribution in [0.2, 0.25) is 0 Å². The summed E-state index contributed by atoms with van der Waals surface area (Å²) in [5, 5.41) is 2.60. The van der Waals surface area contributed by atoms with E-state index in [2.05, 4.69) is 74.5 Å². The predicted octanol–water partition coefficient (Wildman–Crippen LogP) is 7.57. The minimum atomic E-state index is -3.36. The first-order valence-electron chi connectivity index (χ1n) is 10.4. The summed E-state index contributed by atoms with van der Waals surface area (Å²) in [5.41, 5.74) is 8.04. The molecular formula is C25H27Cl2NTi. The summed E-state index contributed by atoms with van der Waals surface area (Å²) in [4.78, 5) is 0. The first kappa shape index (κ1) is 21.2. The summed E-state index contributed by atoms with van der Waals surface area (Å²) in [5.74, 6) is 0.240. The predicted molar refractivity (Wildman–Crippen MR) is 124 cm³/mol. The fourth-order valence-electron chi connectivity index (χ4n) is 4.72. The van der Waals surface area contributed by atoms with Gasteiger partial charge in [-0.3, -0.25) is 0 Å². The third kappa shape index (κ3) is 4.36. The summed E-state index contributed by atoms with van der Waals surface area (Å²) in [6.45, 7) is 4.47. The molecule has 4 rings (SSSR count). The number of benzene rings is 3. The number of allylic oxidation sites excluding steroid dienone is 1. The molecule has 0 radical (unpaired) electrons. The van der Waals surface area contributed by atoms with Gasteiger partial charge in [-0.1, -0.05) is 0 Å². The Bertz CT molecular complexity index is 1080. The van der Waals surface area contributed by atoms with Crippen LogP contribution in [0.5, 0.6) is 0 Å². The van der Waals surface area contributed by atoms with E-state index in [9.17, 15) is 0 Å². The van der Waals surface area contributed by atoms with Crippen LogP contribution in [0.1, 0.15) is 60.4 Å². The fourth-order valence-corrected chi connectivity index (χ4v) is 7.21.